The minimum absolute atomic E-state index is 0.168. The van der Waals surface area contributed by atoms with Gasteiger partial charge in [0.15, 0.2) is 11.5 Å². The van der Waals surface area contributed by atoms with E-state index in [2.05, 4.69) is 5.32 Å². The molecule has 0 saturated carbocycles. The topological polar surface area (TPSA) is 84.9 Å². The van der Waals surface area contributed by atoms with Crippen LogP contribution >= 0.6 is 11.6 Å². The van der Waals surface area contributed by atoms with Gasteiger partial charge in [-0.25, -0.2) is 9.69 Å². The summed E-state index contributed by atoms with van der Waals surface area (Å²) in [7, 11) is 1.50. The zero-order chi connectivity index (χ0) is 24.9. The quantitative estimate of drug-likeness (QED) is 0.365. The molecule has 1 N–H and O–H groups in total. The lowest BCUT2D eigenvalue weighted by molar-refractivity contribution is -0.122. The van der Waals surface area contributed by atoms with Crippen LogP contribution in [0.25, 0.3) is 6.08 Å². The maximum absolute atomic E-state index is 13.1. The van der Waals surface area contributed by atoms with E-state index in [-0.39, 0.29) is 12.2 Å². The zero-order valence-electron chi connectivity index (χ0n) is 19.2. The Balaban J connectivity index is 1.58. The first-order valence-electron chi connectivity index (χ1n) is 10.9. The molecule has 0 spiro atoms. The Hall–Kier alpha value is -4.10. The van der Waals surface area contributed by atoms with Gasteiger partial charge in [0.05, 0.1) is 12.8 Å². The number of methoxy groups -OCH3 is 1. The number of carbonyl (C=O) groups excluding carboxylic acids is 3. The van der Waals surface area contributed by atoms with Crippen LogP contribution in [0.2, 0.25) is 5.02 Å². The van der Waals surface area contributed by atoms with Gasteiger partial charge in [0.1, 0.15) is 12.2 Å². The molecule has 1 heterocycles. The molecule has 0 radical (unpaired) electrons. The Labute approximate surface area is 207 Å². The van der Waals surface area contributed by atoms with Crippen LogP contribution in [0.3, 0.4) is 0 Å². The highest BCUT2D eigenvalue weighted by atomic mass is 35.5. The average molecular weight is 491 g/mol. The molecule has 3 aromatic carbocycles. The standard InChI is InChI=1S/C27H23ClN2O5/c1-3-17-7-10-21(11-8-17)30-26(32)22(25(31)29-27(30)33)14-18-9-12-23(24(15-18)34-2)35-16-19-5-4-6-20(28)13-19/h4-15H,3,16H2,1-2H3,(H,29,31,33)/b22-14+. The van der Waals surface area contributed by atoms with Crippen LogP contribution in [-0.2, 0) is 22.6 Å². The van der Waals surface area contributed by atoms with E-state index in [0.717, 1.165) is 22.4 Å². The van der Waals surface area contributed by atoms with E-state index in [1.54, 1.807) is 36.4 Å². The Bertz CT molecular complexity index is 1320. The molecule has 4 rings (SSSR count). The summed E-state index contributed by atoms with van der Waals surface area (Å²) in [6.07, 6.45) is 2.24. The first-order chi connectivity index (χ1) is 16.9. The smallest absolute Gasteiger partial charge is 0.335 e. The number of aryl methyl sites for hydroxylation is 1. The van der Waals surface area contributed by atoms with E-state index in [0.29, 0.717) is 27.8 Å². The van der Waals surface area contributed by atoms with Crippen molar-refractivity contribution in [3.05, 3.63) is 94.0 Å². The molecule has 0 bridgehead atoms. The highest BCUT2D eigenvalue weighted by Gasteiger charge is 2.36. The van der Waals surface area contributed by atoms with Crippen molar-refractivity contribution in [2.24, 2.45) is 0 Å². The van der Waals surface area contributed by atoms with Gasteiger partial charge < -0.3 is 9.47 Å². The van der Waals surface area contributed by atoms with Crippen molar-refractivity contribution in [2.75, 3.05) is 12.0 Å². The number of anilines is 1. The summed E-state index contributed by atoms with van der Waals surface area (Å²) in [5, 5.41) is 2.85. The van der Waals surface area contributed by atoms with E-state index in [1.807, 2.05) is 37.3 Å². The van der Waals surface area contributed by atoms with E-state index < -0.39 is 17.8 Å². The second kappa shape index (κ2) is 10.4. The number of imide groups is 2. The second-order valence-corrected chi connectivity index (χ2v) is 8.24. The molecule has 0 atom stereocenters. The molecule has 7 nitrogen and oxygen atoms in total. The fourth-order valence-electron chi connectivity index (χ4n) is 3.62. The van der Waals surface area contributed by atoms with Gasteiger partial charge in [0.25, 0.3) is 11.8 Å². The number of nitrogens with one attached hydrogen (secondary N) is 1. The van der Waals surface area contributed by atoms with Gasteiger partial charge in [-0.3, -0.25) is 14.9 Å². The van der Waals surface area contributed by atoms with Gasteiger partial charge in [-0.05, 0) is 65.6 Å². The fraction of sp³-hybridized carbons (Fsp3) is 0.148. The number of ether oxygens (including phenoxy) is 2. The van der Waals surface area contributed by atoms with Crippen molar-refractivity contribution in [1.82, 2.24) is 5.32 Å². The van der Waals surface area contributed by atoms with Crippen molar-refractivity contribution in [3.8, 4) is 11.5 Å². The average Bonchev–Trinajstić information content (AvgIpc) is 2.86. The summed E-state index contributed by atoms with van der Waals surface area (Å²) in [4.78, 5) is 39.0. The number of halogens is 1. The van der Waals surface area contributed by atoms with Gasteiger partial charge in [-0.2, -0.15) is 0 Å². The number of carbonyl (C=O) groups is 3. The van der Waals surface area contributed by atoms with Crippen LogP contribution in [0.4, 0.5) is 10.5 Å². The van der Waals surface area contributed by atoms with E-state index in [1.165, 1.54) is 13.2 Å². The molecular weight excluding hydrogens is 468 g/mol. The van der Waals surface area contributed by atoms with Crippen molar-refractivity contribution >= 4 is 41.2 Å². The van der Waals surface area contributed by atoms with Crippen LogP contribution in [0, 0.1) is 0 Å². The van der Waals surface area contributed by atoms with Crippen LogP contribution in [0.5, 0.6) is 11.5 Å². The maximum atomic E-state index is 13.1. The second-order valence-electron chi connectivity index (χ2n) is 7.81. The van der Waals surface area contributed by atoms with Crippen LogP contribution in [0.1, 0.15) is 23.6 Å². The van der Waals surface area contributed by atoms with Crippen molar-refractivity contribution in [2.45, 2.75) is 20.0 Å². The van der Waals surface area contributed by atoms with Crippen molar-refractivity contribution in [1.29, 1.82) is 0 Å². The van der Waals surface area contributed by atoms with Crippen molar-refractivity contribution < 1.29 is 23.9 Å². The fourth-order valence-corrected chi connectivity index (χ4v) is 3.83. The van der Waals surface area contributed by atoms with E-state index in [4.69, 9.17) is 21.1 Å². The first-order valence-corrected chi connectivity index (χ1v) is 11.3. The maximum Gasteiger partial charge on any atom is 0.335 e. The summed E-state index contributed by atoms with van der Waals surface area (Å²) in [5.41, 5.74) is 2.71. The third kappa shape index (κ3) is 5.36. The lowest BCUT2D eigenvalue weighted by atomic mass is 10.1. The van der Waals surface area contributed by atoms with Gasteiger partial charge in [-0.15, -0.1) is 0 Å². The Morgan fingerprint density at radius 1 is 0.943 bits per heavy atom. The monoisotopic (exact) mass is 490 g/mol. The minimum Gasteiger partial charge on any atom is -0.493 e. The number of barbiturate groups is 1. The number of rotatable bonds is 7. The molecule has 0 aliphatic carbocycles. The molecule has 1 aliphatic heterocycles. The number of benzene rings is 3. The number of hydrogen-bond donors (Lipinski definition) is 1. The summed E-state index contributed by atoms with van der Waals surface area (Å²) >= 11 is 6.02. The zero-order valence-corrected chi connectivity index (χ0v) is 20.0. The largest absolute Gasteiger partial charge is 0.493 e. The highest BCUT2D eigenvalue weighted by molar-refractivity contribution is 6.39. The minimum atomic E-state index is -0.788. The molecule has 8 heteroatoms. The summed E-state index contributed by atoms with van der Waals surface area (Å²) in [6.45, 7) is 2.29. The number of nitrogens with zero attached hydrogens (tertiary/aromatic N) is 1. The number of hydrogen-bond acceptors (Lipinski definition) is 5. The third-order valence-electron chi connectivity index (χ3n) is 5.49. The Morgan fingerprint density at radius 2 is 1.71 bits per heavy atom. The SMILES string of the molecule is CCc1ccc(N2C(=O)NC(=O)/C(=C\c3ccc(OCc4cccc(Cl)c4)c(OC)c3)C2=O)cc1. The molecule has 35 heavy (non-hydrogen) atoms. The molecule has 1 saturated heterocycles. The van der Waals surface area contributed by atoms with Gasteiger partial charge in [0, 0.05) is 5.02 Å². The predicted molar refractivity (Wildman–Crippen MR) is 134 cm³/mol. The lowest BCUT2D eigenvalue weighted by Gasteiger charge is -2.26. The number of amides is 4. The van der Waals surface area contributed by atoms with E-state index >= 15 is 0 Å². The third-order valence-corrected chi connectivity index (χ3v) is 5.72. The van der Waals surface area contributed by atoms with Gasteiger partial charge in [0.2, 0.25) is 0 Å². The summed E-state index contributed by atoms with van der Waals surface area (Å²) in [5.74, 6) is -0.556. The molecule has 178 valence electrons. The Morgan fingerprint density at radius 3 is 2.40 bits per heavy atom. The molecule has 0 unspecified atom stereocenters. The first kappa shape index (κ1) is 24.0. The van der Waals surface area contributed by atoms with Gasteiger partial charge in [-0.1, -0.05) is 48.9 Å². The lowest BCUT2D eigenvalue weighted by Crippen LogP contribution is -2.54. The molecule has 3 aromatic rings. The number of urea groups is 1. The molecule has 0 aromatic heterocycles. The molecule has 1 fully saturated rings. The molecule has 1 aliphatic rings. The predicted octanol–water partition coefficient (Wildman–Crippen LogP) is 5.16. The summed E-state index contributed by atoms with van der Waals surface area (Å²) < 4.78 is 11.3. The highest BCUT2D eigenvalue weighted by Crippen LogP contribution is 2.31. The van der Waals surface area contributed by atoms with Crippen molar-refractivity contribution in [3.63, 3.8) is 0 Å². The molecule has 4 amide bonds. The van der Waals surface area contributed by atoms with Crippen LogP contribution in [-0.4, -0.2) is 25.0 Å². The van der Waals surface area contributed by atoms with Crippen LogP contribution in [0.15, 0.2) is 72.3 Å². The Kier molecular flexibility index (Phi) is 7.17. The van der Waals surface area contributed by atoms with Crippen LogP contribution < -0.4 is 19.7 Å². The van der Waals surface area contributed by atoms with Gasteiger partial charge >= 0.3 is 6.03 Å². The normalized spacial score (nSPS) is 14.8. The van der Waals surface area contributed by atoms with E-state index in [9.17, 15) is 14.4 Å². The summed E-state index contributed by atoms with van der Waals surface area (Å²) in [6, 6.07) is 18.6. The molecular formula is C27H23ClN2O5.